The normalized spacial score (nSPS) is 21.9. The SMILES string of the molecule is O=S(=O)(c1cccc(C(F)(F)F)c1)N1CCC[C@H](O)C1. The van der Waals surface area contributed by atoms with Crippen molar-refractivity contribution >= 4 is 10.0 Å². The van der Waals surface area contributed by atoms with Gasteiger partial charge in [-0.1, -0.05) is 6.07 Å². The van der Waals surface area contributed by atoms with Gasteiger partial charge in [-0.15, -0.1) is 0 Å². The molecule has 1 N–H and O–H groups in total. The molecule has 0 aromatic heterocycles. The number of aliphatic hydroxyl groups is 1. The van der Waals surface area contributed by atoms with Gasteiger partial charge in [0.25, 0.3) is 0 Å². The number of alkyl halides is 3. The van der Waals surface area contributed by atoms with Crippen LogP contribution >= 0.6 is 0 Å². The second-order valence-corrected chi connectivity index (χ2v) is 6.62. The molecule has 0 radical (unpaired) electrons. The second kappa shape index (κ2) is 5.34. The molecule has 1 heterocycles. The van der Waals surface area contributed by atoms with Crippen LogP contribution in [0.3, 0.4) is 0 Å². The molecule has 0 amide bonds. The highest BCUT2D eigenvalue weighted by Crippen LogP contribution is 2.31. The summed E-state index contributed by atoms with van der Waals surface area (Å²) in [6.45, 7) is 0.119. The van der Waals surface area contributed by atoms with Crippen LogP contribution in [0.4, 0.5) is 13.2 Å². The molecule has 0 unspecified atom stereocenters. The van der Waals surface area contributed by atoms with E-state index < -0.39 is 32.8 Å². The van der Waals surface area contributed by atoms with Gasteiger partial charge in [-0.25, -0.2) is 8.42 Å². The van der Waals surface area contributed by atoms with Crippen molar-refractivity contribution in [1.82, 2.24) is 4.31 Å². The Morgan fingerprint density at radius 1 is 1.30 bits per heavy atom. The van der Waals surface area contributed by atoms with Gasteiger partial charge in [-0.3, -0.25) is 0 Å². The first-order valence-electron chi connectivity index (χ1n) is 6.07. The highest BCUT2D eigenvalue weighted by atomic mass is 32.2. The molecule has 1 fully saturated rings. The third-order valence-electron chi connectivity index (χ3n) is 3.16. The highest BCUT2D eigenvalue weighted by molar-refractivity contribution is 7.89. The van der Waals surface area contributed by atoms with E-state index in [0.29, 0.717) is 18.9 Å². The van der Waals surface area contributed by atoms with Crippen molar-refractivity contribution in [1.29, 1.82) is 0 Å². The first-order chi connectivity index (χ1) is 9.21. The molecule has 2 rings (SSSR count). The van der Waals surface area contributed by atoms with Crippen LogP contribution < -0.4 is 0 Å². The van der Waals surface area contributed by atoms with Crippen molar-refractivity contribution in [2.24, 2.45) is 0 Å². The fourth-order valence-electron chi connectivity index (χ4n) is 2.12. The predicted octanol–water partition coefficient (Wildman–Crippen LogP) is 1.85. The molecule has 0 aliphatic carbocycles. The lowest BCUT2D eigenvalue weighted by atomic mass is 10.1. The number of hydrogen-bond acceptors (Lipinski definition) is 3. The highest BCUT2D eigenvalue weighted by Gasteiger charge is 2.34. The van der Waals surface area contributed by atoms with Gasteiger partial charge in [-0.05, 0) is 31.0 Å². The van der Waals surface area contributed by atoms with E-state index in [1.54, 1.807) is 0 Å². The lowest BCUT2D eigenvalue weighted by molar-refractivity contribution is -0.137. The van der Waals surface area contributed by atoms with Crippen LogP contribution in [-0.4, -0.2) is 37.0 Å². The number of nitrogens with zero attached hydrogens (tertiary/aromatic N) is 1. The van der Waals surface area contributed by atoms with Crippen molar-refractivity contribution < 1.29 is 26.7 Å². The summed E-state index contributed by atoms with van der Waals surface area (Å²) in [7, 11) is -4.00. The van der Waals surface area contributed by atoms with Crippen LogP contribution in [0.2, 0.25) is 0 Å². The van der Waals surface area contributed by atoms with Gasteiger partial charge in [0, 0.05) is 13.1 Å². The summed E-state index contributed by atoms with van der Waals surface area (Å²) in [4.78, 5) is -0.401. The number of sulfonamides is 1. The Hall–Kier alpha value is -1.12. The van der Waals surface area contributed by atoms with E-state index in [1.807, 2.05) is 0 Å². The summed E-state index contributed by atoms with van der Waals surface area (Å²) in [5.74, 6) is 0. The fraction of sp³-hybridized carbons (Fsp3) is 0.500. The van der Waals surface area contributed by atoms with Crippen molar-refractivity contribution in [2.75, 3.05) is 13.1 Å². The summed E-state index contributed by atoms with van der Waals surface area (Å²) in [6.07, 6.45) is -4.38. The van der Waals surface area contributed by atoms with E-state index in [4.69, 9.17) is 0 Å². The number of aliphatic hydroxyl groups excluding tert-OH is 1. The predicted molar refractivity (Wildman–Crippen MR) is 65.4 cm³/mol. The number of β-amino-alcohol motifs (C(OH)–C–C–N with tert-alkyl or cyclic N) is 1. The fourth-order valence-corrected chi connectivity index (χ4v) is 3.68. The molecule has 0 saturated carbocycles. The van der Waals surface area contributed by atoms with Crippen molar-refractivity contribution in [2.45, 2.75) is 30.0 Å². The molecule has 1 aliphatic rings. The zero-order valence-corrected chi connectivity index (χ0v) is 11.3. The molecule has 8 heteroatoms. The van der Waals surface area contributed by atoms with Crippen LogP contribution in [0, 0.1) is 0 Å². The maximum Gasteiger partial charge on any atom is 0.416 e. The molecule has 1 aliphatic heterocycles. The topological polar surface area (TPSA) is 57.6 Å². The zero-order valence-electron chi connectivity index (χ0n) is 10.5. The molecular weight excluding hydrogens is 295 g/mol. The number of rotatable bonds is 2. The van der Waals surface area contributed by atoms with E-state index in [9.17, 15) is 26.7 Å². The molecule has 1 saturated heterocycles. The molecule has 20 heavy (non-hydrogen) atoms. The third-order valence-corrected chi connectivity index (χ3v) is 5.02. The van der Waals surface area contributed by atoms with E-state index >= 15 is 0 Å². The quantitative estimate of drug-likeness (QED) is 0.907. The van der Waals surface area contributed by atoms with Gasteiger partial charge >= 0.3 is 6.18 Å². The van der Waals surface area contributed by atoms with Crippen molar-refractivity contribution in [3.8, 4) is 0 Å². The Morgan fingerprint density at radius 3 is 2.60 bits per heavy atom. The van der Waals surface area contributed by atoms with Crippen molar-refractivity contribution in [3.05, 3.63) is 29.8 Å². The molecular formula is C12H14F3NO3S. The van der Waals surface area contributed by atoms with Crippen LogP contribution in [0.15, 0.2) is 29.2 Å². The summed E-state index contributed by atoms with van der Waals surface area (Å²) >= 11 is 0. The minimum Gasteiger partial charge on any atom is -0.392 e. The summed E-state index contributed by atoms with van der Waals surface area (Å²) in [5.41, 5.74) is -1.00. The van der Waals surface area contributed by atoms with Crippen LogP contribution in [0.5, 0.6) is 0 Å². The summed E-state index contributed by atoms with van der Waals surface area (Å²) in [5, 5.41) is 9.49. The lowest BCUT2D eigenvalue weighted by Gasteiger charge is -2.29. The molecule has 0 bridgehead atoms. The van der Waals surface area contributed by atoms with Crippen LogP contribution in [-0.2, 0) is 16.2 Å². The minimum absolute atomic E-state index is 0.0847. The average molecular weight is 309 g/mol. The zero-order chi connectivity index (χ0) is 15.0. The number of benzene rings is 1. The largest absolute Gasteiger partial charge is 0.416 e. The van der Waals surface area contributed by atoms with Gasteiger partial charge in [0.1, 0.15) is 0 Å². The Kier molecular flexibility index (Phi) is 4.08. The molecule has 1 aromatic carbocycles. The summed E-state index contributed by atoms with van der Waals surface area (Å²) in [6, 6.07) is 3.64. The number of hydrogen-bond donors (Lipinski definition) is 1. The number of piperidine rings is 1. The monoisotopic (exact) mass is 309 g/mol. The summed E-state index contributed by atoms with van der Waals surface area (Å²) < 4.78 is 63.4. The standard InChI is InChI=1S/C12H14F3NO3S/c13-12(14,15)9-3-1-5-11(7-9)20(18,19)16-6-2-4-10(17)8-16/h1,3,5,7,10,17H,2,4,6,8H2/t10-/m0/s1. The van der Waals surface area contributed by atoms with E-state index in [0.717, 1.165) is 22.5 Å². The maximum atomic E-state index is 12.6. The average Bonchev–Trinajstić information content (AvgIpc) is 2.38. The Morgan fingerprint density at radius 2 is 2.00 bits per heavy atom. The first-order valence-corrected chi connectivity index (χ1v) is 7.51. The Balaban J connectivity index is 2.34. The van der Waals surface area contributed by atoms with Crippen LogP contribution in [0.25, 0.3) is 0 Å². The molecule has 1 aromatic rings. The van der Waals surface area contributed by atoms with Gasteiger partial charge in [0.2, 0.25) is 10.0 Å². The van der Waals surface area contributed by atoms with Gasteiger partial charge in [0.05, 0.1) is 16.6 Å². The Bertz CT molecular complexity index is 586. The van der Waals surface area contributed by atoms with Crippen LogP contribution in [0.1, 0.15) is 18.4 Å². The molecule has 0 spiro atoms. The molecule has 112 valence electrons. The van der Waals surface area contributed by atoms with Gasteiger partial charge < -0.3 is 5.11 Å². The molecule has 1 atom stereocenters. The van der Waals surface area contributed by atoms with E-state index in [1.165, 1.54) is 0 Å². The smallest absolute Gasteiger partial charge is 0.392 e. The van der Waals surface area contributed by atoms with Crippen molar-refractivity contribution in [3.63, 3.8) is 0 Å². The maximum absolute atomic E-state index is 12.6. The van der Waals surface area contributed by atoms with Gasteiger partial charge in [-0.2, -0.15) is 17.5 Å². The third kappa shape index (κ3) is 3.13. The first kappa shape index (κ1) is 15.3. The van der Waals surface area contributed by atoms with E-state index in [2.05, 4.69) is 0 Å². The lowest BCUT2D eigenvalue weighted by Crippen LogP contribution is -2.42. The molecule has 4 nitrogen and oxygen atoms in total. The minimum atomic E-state index is -4.59. The Labute approximate surface area is 114 Å². The second-order valence-electron chi connectivity index (χ2n) is 4.68. The van der Waals surface area contributed by atoms with Gasteiger partial charge in [0.15, 0.2) is 0 Å². The number of halogens is 3. The van der Waals surface area contributed by atoms with E-state index in [-0.39, 0.29) is 13.1 Å².